The summed E-state index contributed by atoms with van der Waals surface area (Å²) in [6.07, 6.45) is 1.50. The minimum absolute atomic E-state index is 0.223. The van der Waals surface area contributed by atoms with Crippen molar-refractivity contribution in [2.45, 2.75) is 46.6 Å². The van der Waals surface area contributed by atoms with Crippen LogP contribution in [-0.4, -0.2) is 46.7 Å². The smallest absolute Gasteiger partial charge is 0.409 e. The number of nitrogens with zero attached hydrogens (tertiary/aromatic N) is 3. The third kappa shape index (κ3) is 5.12. The predicted molar refractivity (Wildman–Crippen MR) is 111 cm³/mol. The lowest BCUT2D eigenvalue weighted by Gasteiger charge is -2.31. The molecule has 0 aliphatic carbocycles. The first-order valence-corrected chi connectivity index (χ1v) is 9.83. The van der Waals surface area contributed by atoms with E-state index in [9.17, 15) is 4.79 Å². The van der Waals surface area contributed by atoms with Crippen molar-refractivity contribution in [1.29, 1.82) is 0 Å². The van der Waals surface area contributed by atoms with Gasteiger partial charge in [0, 0.05) is 30.9 Å². The van der Waals surface area contributed by atoms with Crippen LogP contribution in [0, 0.1) is 20.8 Å². The minimum atomic E-state index is -0.223. The van der Waals surface area contributed by atoms with E-state index in [-0.39, 0.29) is 12.1 Å². The average Bonchev–Trinajstić information content (AvgIpc) is 2.65. The van der Waals surface area contributed by atoms with Gasteiger partial charge in [0.2, 0.25) is 0 Å². The molecule has 0 radical (unpaired) electrons. The number of aryl methyl sites for hydroxylation is 3. The Kier molecular flexibility index (Phi) is 6.34. The van der Waals surface area contributed by atoms with Crippen LogP contribution >= 0.6 is 0 Å². The molecule has 1 aromatic heterocycles. The summed E-state index contributed by atoms with van der Waals surface area (Å²) >= 11 is 0. The molecule has 1 fully saturated rings. The van der Waals surface area contributed by atoms with Gasteiger partial charge in [0.15, 0.2) is 0 Å². The van der Waals surface area contributed by atoms with Crippen molar-refractivity contribution >= 4 is 23.4 Å². The molecule has 2 heterocycles. The van der Waals surface area contributed by atoms with Gasteiger partial charge in [0.05, 0.1) is 6.61 Å². The van der Waals surface area contributed by atoms with Crippen LogP contribution in [0.1, 0.15) is 36.7 Å². The average molecular weight is 383 g/mol. The van der Waals surface area contributed by atoms with Crippen LogP contribution in [0.15, 0.2) is 24.3 Å². The third-order valence-corrected chi connectivity index (χ3v) is 4.87. The number of hydrogen-bond donors (Lipinski definition) is 2. The molecule has 1 aromatic carbocycles. The Bertz CT molecular complexity index is 832. The van der Waals surface area contributed by atoms with E-state index in [4.69, 9.17) is 4.74 Å². The van der Waals surface area contributed by atoms with Gasteiger partial charge in [-0.05, 0) is 57.7 Å². The fraction of sp³-hybridized carbons (Fsp3) is 0.476. The van der Waals surface area contributed by atoms with Gasteiger partial charge in [0.1, 0.15) is 17.5 Å². The quantitative estimate of drug-likeness (QED) is 0.806. The summed E-state index contributed by atoms with van der Waals surface area (Å²) in [4.78, 5) is 22.6. The molecule has 28 heavy (non-hydrogen) atoms. The zero-order chi connectivity index (χ0) is 20.1. The monoisotopic (exact) mass is 383 g/mol. The summed E-state index contributed by atoms with van der Waals surface area (Å²) in [5, 5.41) is 6.90. The maximum Gasteiger partial charge on any atom is 0.409 e. The van der Waals surface area contributed by atoms with Gasteiger partial charge in [-0.15, -0.1) is 0 Å². The Labute approximate surface area is 166 Å². The van der Waals surface area contributed by atoms with Gasteiger partial charge in [-0.25, -0.2) is 14.8 Å². The van der Waals surface area contributed by atoms with Crippen LogP contribution in [-0.2, 0) is 4.74 Å². The Balaban J connectivity index is 1.64. The fourth-order valence-electron chi connectivity index (χ4n) is 3.34. The second kappa shape index (κ2) is 8.91. The normalized spacial score (nSPS) is 14.6. The summed E-state index contributed by atoms with van der Waals surface area (Å²) < 4.78 is 5.08. The van der Waals surface area contributed by atoms with Crippen molar-refractivity contribution in [3.63, 3.8) is 0 Å². The Morgan fingerprint density at radius 2 is 1.86 bits per heavy atom. The maximum atomic E-state index is 11.8. The number of likely N-dealkylation sites (tertiary alicyclic amines) is 1. The number of hydrogen-bond acceptors (Lipinski definition) is 6. The molecule has 1 saturated heterocycles. The molecule has 0 spiro atoms. The summed E-state index contributed by atoms with van der Waals surface area (Å²) in [6.45, 7) is 9.66. The first-order valence-electron chi connectivity index (χ1n) is 9.83. The first kappa shape index (κ1) is 19.9. The van der Waals surface area contributed by atoms with Gasteiger partial charge < -0.3 is 20.3 Å². The number of amides is 1. The number of nitrogens with one attached hydrogen (secondary N) is 2. The molecular weight excluding hydrogens is 354 g/mol. The van der Waals surface area contributed by atoms with Crippen molar-refractivity contribution in [1.82, 2.24) is 14.9 Å². The molecule has 1 amide bonds. The molecule has 7 nitrogen and oxygen atoms in total. The van der Waals surface area contributed by atoms with E-state index in [0.29, 0.717) is 25.5 Å². The van der Waals surface area contributed by atoms with Gasteiger partial charge >= 0.3 is 6.09 Å². The number of anilines is 3. The van der Waals surface area contributed by atoms with E-state index in [2.05, 4.69) is 52.6 Å². The molecule has 2 N–H and O–H groups in total. The van der Waals surface area contributed by atoms with E-state index in [0.717, 1.165) is 30.2 Å². The maximum absolute atomic E-state index is 11.8. The summed E-state index contributed by atoms with van der Waals surface area (Å²) in [6, 6.07) is 8.52. The van der Waals surface area contributed by atoms with Crippen LogP contribution < -0.4 is 10.6 Å². The number of rotatable bonds is 5. The van der Waals surface area contributed by atoms with Gasteiger partial charge in [0.25, 0.3) is 0 Å². The molecule has 0 saturated carbocycles. The molecule has 7 heteroatoms. The molecule has 0 unspecified atom stereocenters. The highest BCUT2D eigenvalue weighted by Crippen LogP contribution is 2.23. The predicted octanol–water partition coefficient (Wildman–Crippen LogP) is 4.18. The number of aromatic nitrogens is 2. The molecule has 0 bridgehead atoms. The van der Waals surface area contributed by atoms with Gasteiger partial charge in [-0.2, -0.15) is 0 Å². The van der Waals surface area contributed by atoms with Crippen molar-refractivity contribution < 1.29 is 9.53 Å². The first-order chi connectivity index (χ1) is 13.4. The number of carbonyl (C=O) groups is 1. The van der Waals surface area contributed by atoms with E-state index in [1.807, 2.05) is 19.9 Å². The van der Waals surface area contributed by atoms with E-state index >= 15 is 0 Å². The highest BCUT2D eigenvalue weighted by atomic mass is 16.6. The van der Waals surface area contributed by atoms with Gasteiger partial charge in [-0.1, -0.05) is 12.1 Å². The second-order valence-electron chi connectivity index (χ2n) is 7.23. The fourth-order valence-corrected chi connectivity index (χ4v) is 3.34. The zero-order valence-electron chi connectivity index (χ0n) is 17.1. The Morgan fingerprint density at radius 3 is 2.57 bits per heavy atom. The summed E-state index contributed by atoms with van der Waals surface area (Å²) in [5.74, 6) is 2.28. The second-order valence-corrected chi connectivity index (χ2v) is 7.23. The largest absolute Gasteiger partial charge is 0.450 e. The van der Waals surface area contributed by atoms with Crippen LogP contribution in [0.3, 0.4) is 0 Å². The SMILES string of the molecule is CCOC(=O)N1CCC(Nc2cc(Nc3cc(C)ccc3C)nc(C)n2)CC1. The van der Waals surface area contributed by atoms with Crippen molar-refractivity contribution in [3.8, 4) is 0 Å². The molecular formula is C21H29N5O2. The highest BCUT2D eigenvalue weighted by Gasteiger charge is 2.23. The molecule has 1 aliphatic heterocycles. The number of piperidine rings is 1. The van der Waals surface area contributed by atoms with E-state index < -0.39 is 0 Å². The lowest BCUT2D eigenvalue weighted by Crippen LogP contribution is -2.42. The Morgan fingerprint density at radius 1 is 1.14 bits per heavy atom. The molecule has 3 rings (SSSR count). The lowest BCUT2D eigenvalue weighted by atomic mass is 10.1. The number of ether oxygens (including phenoxy) is 1. The van der Waals surface area contributed by atoms with Crippen molar-refractivity contribution in [2.24, 2.45) is 0 Å². The standard InChI is InChI=1S/C21H29N5O2/c1-5-28-21(27)26-10-8-17(9-11-26)24-19-13-20(23-16(4)22-19)25-18-12-14(2)6-7-15(18)3/h6-7,12-13,17H,5,8-11H2,1-4H3,(H2,22,23,24,25). The zero-order valence-corrected chi connectivity index (χ0v) is 17.1. The van der Waals surface area contributed by atoms with Crippen LogP contribution in [0.25, 0.3) is 0 Å². The van der Waals surface area contributed by atoms with Crippen molar-refractivity contribution in [2.75, 3.05) is 30.3 Å². The van der Waals surface area contributed by atoms with Crippen LogP contribution in [0.2, 0.25) is 0 Å². The van der Waals surface area contributed by atoms with Gasteiger partial charge in [-0.3, -0.25) is 0 Å². The van der Waals surface area contributed by atoms with E-state index in [1.54, 1.807) is 4.90 Å². The lowest BCUT2D eigenvalue weighted by molar-refractivity contribution is 0.0983. The minimum Gasteiger partial charge on any atom is -0.450 e. The van der Waals surface area contributed by atoms with Crippen LogP contribution in [0.5, 0.6) is 0 Å². The molecule has 1 aliphatic rings. The Hall–Kier alpha value is -2.83. The van der Waals surface area contributed by atoms with E-state index in [1.165, 1.54) is 11.1 Å². The number of benzene rings is 1. The summed E-state index contributed by atoms with van der Waals surface area (Å²) in [7, 11) is 0. The third-order valence-electron chi connectivity index (χ3n) is 4.87. The molecule has 2 aromatic rings. The summed E-state index contributed by atoms with van der Waals surface area (Å²) in [5.41, 5.74) is 3.42. The highest BCUT2D eigenvalue weighted by molar-refractivity contribution is 5.67. The molecule has 0 atom stereocenters. The molecule has 150 valence electrons. The van der Waals surface area contributed by atoms with Crippen molar-refractivity contribution in [3.05, 3.63) is 41.2 Å². The van der Waals surface area contributed by atoms with Crippen LogP contribution in [0.4, 0.5) is 22.1 Å². The number of carbonyl (C=O) groups excluding carboxylic acids is 1. The topological polar surface area (TPSA) is 79.4 Å².